The van der Waals surface area contributed by atoms with E-state index in [2.05, 4.69) is 36.6 Å². The number of hydrogen-bond donors (Lipinski definition) is 5. The maximum absolute atomic E-state index is 13.9. The number of nitrogens with one attached hydrogen (secondary N) is 4. The second kappa shape index (κ2) is 17.0. The third kappa shape index (κ3) is 9.35. The molecule has 17 heteroatoms. The molecule has 4 aromatic rings. The highest BCUT2D eigenvalue weighted by molar-refractivity contribution is 7.89. The van der Waals surface area contributed by atoms with E-state index in [0.717, 1.165) is 16.7 Å². The molecule has 2 heterocycles. The van der Waals surface area contributed by atoms with Crippen molar-refractivity contribution in [2.75, 3.05) is 45.3 Å². The van der Waals surface area contributed by atoms with Crippen LogP contribution in [0.25, 0.3) is 22.5 Å². The number of H-pyrrole nitrogens is 1. The summed E-state index contributed by atoms with van der Waals surface area (Å²) in [6.45, 7) is 1.45. The highest BCUT2D eigenvalue weighted by atomic mass is 32.2. The van der Waals surface area contributed by atoms with Crippen molar-refractivity contribution in [1.82, 2.24) is 35.6 Å². The van der Waals surface area contributed by atoms with Crippen LogP contribution in [-0.2, 0) is 30.8 Å². The van der Waals surface area contributed by atoms with Crippen LogP contribution >= 0.6 is 0 Å². The molecular formula is C36H42N8O8S. The Kier molecular flexibility index (Phi) is 12.0. The van der Waals surface area contributed by atoms with Crippen molar-refractivity contribution in [3.05, 3.63) is 72.3 Å². The van der Waals surface area contributed by atoms with Gasteiger partial charge in [-0.05, 0) is 95.1 Å². The van der Waals surface area contributed by atoms with Crippen LogP contribution in [0.15, 0.2) is 71.6 Å². The largest absolute Gasteiger partial charge is 0.495 e. The van der Waals surface area contributed by atoms with E-state index in [1.165, 1.54) is 11.4 Å². The summed E-state index contributed by atoms with van der Waals surface area (Å²) in [6.07, 6.45) is 1.61. The third-order valence-corrected chi connectivity index (χ3v) is 11.5. The topological polar surface area (TPSA) is 218 Å². The number of tetrazole rings is 1. The first-order valence-electron chi connectivity index (χ1n) is 17.4. The monoisotopic (exact) mass is 746 g/mol. The molecule has 2 aliphatic rings. The smallest absolute Gasteiger partial charge is 0.404 e. The van der Waals surface area contributed by atoms with E-state index in [9.17, 15) is 22.8 Å². The minimum absolute atomic E-state index is 0.0494. The zero-order valence-corrected chi connectivity index (χ0v) is 30.0. The van der Waals surface area contributed by atoms with Crippen molar-refractivity contribution in [3.63, 3.8) is 0 Å². The van der Waals surface area contributed by atoms with E-state index in [4.69, 9.17) is 14.6 Å². The molecule has 5 N–H and O–H groups in total. The van der Waals surface area contributed by atoms with E-state index in [1.807, 2.05) is 24.3 Å². The summed E-state index contributed by atoms with van der Waals surface area (Å²) in [5.74, 6) is -0.126. The van der Waals surface area contributed by atoms with Gasteiger partial charge in [-0.2, -0.15) is 4.31 Å². The normalized spacial score (nSPS) is 18.4. The number of anilines is 1. The van der Waals surface area contributed by atoms with Crippen molar-refractivity contribution < 1.29 is 37.4 Å². The van der Waals surface area contributed by atoms with E-state index >= 15 is 0 Å². The zero-order chi connectivity index (χ0) is 37.4. The number of sulfonamides is 1. The second-order valence-electron chi connectivity index (χ2n) is 13.1. The van der Waals surface area contributed by atoms with Gasteiger partial charge in [-0.1, -0.05) is 30.3 Å². The molecule has 6 rings (SSSR count). The molecule has 280 valence electrons. The number of amides is 3. The Balaban J connectivity index is 1.22. The Morgan fingerprint density at radius 1 is 0.981 bits per heavy atom. The van der Waals surface area contributed by atoms with Crippen LogP contribution in [-0.4, -0.2) is 102 Å². The number of carbonyl (C=O) groups excluding carboxylic acids is 2. The molecule has 1 saturated carbocycles. The quantitative estimate of drug-likeness (QED) is 0.134. The lowest BCUT2D eigenvalue weighted by molar-refractivity contribution is -0.130. The number of aromatic amines is 1. The van der Waals surface area contributed by atoms with Crippen molar-refractivity contribution >= 4 is 33.6 Å². The molecule has 2 fully saturated rings. The van der Waals surface area contributed by atoms with Gasteiger partial charge in [0.05, 0.1) is 20.3 Å². The van der Waals surface area contributed by atoms with Crippen molar-refractivity contribution in [1.29, 1.82) is 0 Å². The first-order chi connectivity index (χ1) is 25.6. The predicted molar refractivity (Wildman–Crippen MR) is 193 cm³/mol. The van der Waals surface area contributed by atoms with E-state index < -0.39 is 28.1 Å². The lowest BCUT2D eigenvalue weighted by Crippen LogP contribution is -2.48. The van der Waals surface area contributed by atoms with Gasteiger partial charge in [-0.15, -0.1) is 5.10 Å². The summed E-state index contributed by atoms with van der Waals surface area (Å²) < 4.78 is 39.5. The van der Waals surface area contributed by atoms with Crippen LogP contribution in [0.5, 0.6) is 5.75 Å². The van der Waals surface area contributed by atoms with Gasteiger partial charge >= 0.3 is 6.09 Å². The molecule has 0 spiro atoms. The molecule has 1 saturated heterocycles. The fourth-order valence-corrected chi connectivity index (χ4v) is 8.27. The number of benzene rings is 3. The molecule has 0 unspecified atom stereocenters. The number of aromatic nitrogens is 4. The molecule has 1 aromatic heterocycles. The number of methoxy groups -OCH3 is 1. The first kappa shape index (κ1) is 37.4. The lowest BCUT2D eigenvalue weighted by Gasteiger charge is -2.29. The summed E-state index contributed by atoms with van der Waals surface area (Å²) in [5, 5.41) is 31.1. The summed E-state index contributed by atoms with van der Waals surface area (Å²) in [4.78, 5) is 38.5. The molecule has 1 aliphatic heterocycles. The number of morpholine rings is 1. The average Bonchev–Trinajstić information content (AvgIpc) is 3.73. The van der Waals surface area contributed by atoms with Crippen molar-refractivity contribution in [2.45, 2.75) is 43.0 Å². The van der Waals surface area contributed by atoms with Gasteiger partial charge < -0.3 is 30.5 Å². The van der Waals surface area contributed by atoms with Gasteiger partial charge in [0, 0.05) is 43.2 Å². The van der Waals surface area contributed by atoms with Gasteiger partial charge in [0.25, 0.3) is 0 Å². The molecule has 0 radical (unpaired) electrons. The fourth-order valence-electron chi connectivity index (χ4n) is 6.68. The number of nitrogens with zero attached hydrogens (tertiary/aromatic N) is 4. The minimum atomic E-state index is -3.87. The first-order valence-corrected chi connectivity index (χ1v) is 18.8. The molecule has 0 bridgehead atoms. The number of hydrogen-bond acceptors (Lipinski definition) is 10. The molecular weight excluding hydrogens is 705 g/mol. The maximum Gasteiger partial charge on any atom is 0.404 e. The molecule has 53 heavy (non-hydrogen) atoms. The van der Waals surface area contributed by atoms with Crippen molar-refractivity contribution in [3.8, 4) is 28.3 Å². The molecule has 3 aromatic carbocycles. The predicted octanol–water partition coefficient (Wildman–Crippen LogP) is 3.30. The summed E-state index contributed by atoms with van der Waals surface area (Å²) in [5.41, 5.74) is 3.34. The van der Waals surface area contributed by atoms with Crippen LogP contribution in [0.4, 0.5) is 10.5 Å². The molecule has 1 aliphatic carbocycles. The number of ether oxygens (including phenoxy) is 2. The highest BCUT2D eigenvalue weighted by Crippen LogP contribution is 2.33. The van der Waals surface area contributed by atoms with Gasteiger partial charge in [0.2, 0.25) is 21.8 Å². The zero-order valence-electron chi connectivity index (χ0n) is 29.2. The molecule has 1 atom stereocenters. The number of rotatable bonds is 13. The van der Waals surface area contributed by atoms with Crippen LogP contribution in [0.3, 0.4) is 0 Å². The van der Waals surface area contributed by atoms with Crippen molar-refractivity contribution in [2.24, 2.45) is 11.8 Å². The summed E-state index contributed by atoms with van der Waals surface area (Å²) in [6, 6.07) is 18.4. The van der Waals surface area contributed by atoms with E-state index in [1.54, 1.807) is 42.5 Å². The van der Waals surface area contributed by atoms with Crippen LogP contribution in [0.2, 0.25) is 0 Å². The van der Waals surface area contributed by atoms with Gasteiger partial charge in [0.1, 0.15) is 16.7 Å². The third-order valence-electron chi connectivity index (χ3n) is 9.62. The Morgan fingerprint density at radius 3 is 2.38 bits per heavy atom. The number of carbonyl (C=O) groups is 3. The van der Waals surface area contributed by atoms with Gasteiger partial charge in [0.15, 0.2) is 5.82 Å². The Hall–Kier alpha value is -5.39. The van der Waals surface area contributed by atoms with Gasteiger partial charge in [-0.25, -0.2) is 18.3 Å². The van der Waals surface area contributed by atoms with Crippen LogP contribution < -0.4 is 20.7 Å². The summed E-state index contributed by atoms with van der Waals surface area (Å²) >= 11 is 0. The number of carboxylic acid groups (broad SMARTS) is 1. The molecule has 16 nitrogen and oxygen atoms in total. The maximum atomic E-state index is 13.9. The van der Waals surface area contributed by atoms with E-state index in [0.29, 0.717) is 62.5 Å². The second-order valence-corrected chi connectivity index (χ2v) is 15.0. The van der Waals surface area contributed by atoms with Crippen LogP contribution in [0.1, 0.15) is 31.2 Å². The van der Waals surface area contributed by atoms with Gasteiger partial charge in [-0.3, -0.25) is 9.59 Å². The lowest BCUT2D eigenvalue weighted by atomic mass is 9.81. The average molecular weight is 747 g/mol. The Labute approximate surface area is 306 Å². The summed E-state index contributed by atoms with van der Waals surface area (Å²) in [7, 11) is -2.44. The van der Waals surface area contributed by atoms with E-state index in [-0.39, 0.29) is 47.9 Å². The van der Waals surface area contributed by atoms with Crippen LogP contribution in [0, 0.1) is 11.8 Å². The Bertz CT molecular complexity index is 2000. The minimum Gasteiger partial charge on any atom is -0.495 e. The Morgan fingerprint density at radius 2 is 1.70 bits per heavy atom. The molecule has 3 amide bonds. The SMILES string of the molecule is COc1ccc(-c2cccc(C[C@H](NC(=O)[C@H]3CC[C@H](CNC(=O)O)CC3)C(=O)Nc3ccc(-c4nnn[nH]4)cc3)c2)cc1S(=O)(=O)N1CCOCC1. The standard InChI is InChI=1S/C36H42N8O8S/c1-51-31-14-11-28(21-32(31)53(49,50)44-15-17-52-18-16-44)27-4-2-3-24(19-27)20-30(39-34(45)26-7-5-23(6-8-26)22-37-36(47)48)35(46)38-29-12-9-25(10-13-29)33-40-42-43-41-33/h2-4,9-14,19,21,23,26,30,37H,5-8,15-18,20,22H2,1H3,(H,38,46)(H,39,45)(H,47,48)(H,40,41,42,43)/t23-,26-,30-/m0/s1. The highest BCUT2D eigenvalue weighted by Gasteiger charge is 2.31. The fraction of sp³-hybridized carbons (Fsp3) is 0.389.